The van der Waals surface area contributed by atoms with Crippen molar-refractivity contribution in [1.82, 2.24) is 9.55 Å². The van der Waals surface area contributed by atoms with E-state index in [4.69, 9.17) is 18.9 Å². The Labute approximate surface area is 126 Å². The molecule has 0 saturated carbocycles. The molecule has 1 aromatic heterocycles. The van der Waals surface area contributed by atoms with Crippen molar-refractivity contribution in [3.63, 3.8) is 0 Å². The summed E-state index contributed by atoms with van der Waals surface area (Å²) in [6.07, 6.45) is 0.667. The summed E-state index contributed by atoms with van der Waals surface area (Å²) in [5.74, 6) is 0. The van der Waals surface area contributed by atoms with Gasteiger partial charge in [0.1, 0.15) is 17.8 Å². The van der Waals surface area contributed by atoms with Crippen LogP contribution in [0, 0.1) is 6.92 Å². The van der Waals surface area contributed by atoms with Crippen LogP contribution in [0.25, 0.3) is 0 Å². The zero-order valence-corrected chi connectivity index (χ0v) is 12.8. The summed E-state index contributed by atoms with van der Waals surface area (Å²) in [7, 11) is 3.18. The molecule has 3 rings (SSSR count). The van der Waals surface area contributed by atoms with Crippen molar-refractivity contribution in [3.8, 4) is 0 Å². The molecule has 2 fully saturated rings. The highest BCUT2D eigenvalue weighted by Crippen LogP contribution is 2.45. The molecular formula is C14H20N2O6. The topological polar surface area (TPSA) is 91.8 Å². The summed E-state index contributed by atoms with van der Waals surface area (Å²) in [6, 6.07) is 0. The number of nitrogens with zero attached hydrogens (tertiary/aromatic N) is 1. The zero-order chi connectivity index (χ0) is 15.9. The molecule has 2 bridgehead atoms. The van der Waals surface area contributed by atoms with Gasteiger partial charge in [-0.05, 0) is 6.92 Å². The van der Waals surface area contributed by atoms with Crippen LogP contribution in [0.2, 0.25) is 0 Å². The third-order valence-electron chi connectivity index (χ3n) is 4.35. The van der Waals surface area contributed by atoms with Crippen LogP contribution in [0.4, 0.5) is 0 Å². The Kier molecular flexibility index (Phi) is 3.94. The maximum atomic E-state index is 12.1. The maximum Gasteiger partial charge on any atom is 0.330 e. The lowest BCUT2D eigenvalue weighted by molar-refractivity contribution is -0.159. The Morgan fingerprint density at radius 1 is 1.45 bits per heavy atom. The summed E-state index contributed by atoms with van der Waals surface area (Å²) >= 11 is 0. The number of ether oxygens (including phenoxy) is 4. The second-order valence-corrected chi connectivity index (χ2v) is 5.73. The molecule has 2 aliphatic rings. The minimum atomic E-state index is -0.661. The Balaban J connectivity index is 2.04. The smallest absolute Gasteiger partial charge is 0.330 e. The number of hydrogen-bond acceptors (Lipinski definition) is 6. The van der Waals surface area contributed by atoms with Crippen molar-refractivity contribution < 1.29 is 18.9 Å². The van der Waals surface area contributed by atoms with Crippen LogP contribution in [0.5, 0.6) is 0 Å². The Morgan fingerprint density at radius 2 is 2.23 bits per heavy atom. The van der Waals surface area contributed by atoms with E-state index in [2.05, 4.69) is 4.98 Å². The molecule has 0 amide bonds. The summed E-state index contributed by atoms with van der Waals surface area (Å²) in [5.41, 5.74) is -1.16. The zero-order valence-electron chi connectivity index (χ0n) is 12.8. The highest BCUT2D eigenvalue weighted by atomic mass is 16.6. The van der Waals surface area contributed by atoms with Gasteiger partial charge in [-0.1, -0.05) is 0 Å². The fourth-order valence-corrected chi connectivity index (χ4v) is 3.33. The van der Waals surface area contributed by atoms with Gasteiger partial charge in [-0.3, -0.25) is 14.3 Å². The molecule has 2 unspecified atom stereocenters. The first-order valence-electron chi connectivity index (χ1n) is 7.15. The molecule has 0 aliphatic carbocycles. The van der Waals surface area contributed by atoms with Gasteiger partial charge in [-0.2, -0.15) is 0 Å². The molecule has 8 nitrogen and oxygen atoms in total. The van der Waals surface area contributed by atoms with Crippen LogP contribution < -0.4 is 11.2 Å². The number of nitrogens with one attached hydrogen (secondary N) is 1. The Hall–Kier alpha value is -1.48. The van der Waals surface area contributed by atoms with E-state index in [-0.39, 0.29) is 6.10 Å². The van der Waals surface area contributed by atoms with Crippen LogP contribution >= 0.6 is 0 Å². The predicted molar refractivity (Wildman–Crippen MR) is 75.9 cm³/mol. The van der Waals surface area contributed by atoms with Gasteiger partial charge < -0.3 is 18.9 Å². The molecule has 0 spiro atoms. The third kappa shape index (κ3) is 2.23. The lowest BCUT2D eigenvalue weighted by Gasteiger charge is -2.37. The lowest BCUT2D eigenvalue weighted by atomic mass is 9.90. The number of hydrogen-bond donors (Lipinski definition) is 1. The van der Waals surface area contributed by atoms with Crippen molar-refractivity contribution in [1.29, 1.82) is 0 Å². The average Bonchev–Trinajstić information content (AvgIpc) is 2.65. The van der Waals surface area contributed by atoms with Crippen LogP contribution in [-0.2, 0) is 18.9 Å². The van der Waals surface area contributed by atoms with E-state index >= 15 is 0 Å². The molecule has 0 aromatic carbocycles. The van der Waals surface area contributed by atoms with Crippen LogP contribution in [-0.4, -0.2) is 54.8 Å². The highest BCUT2D eigenvalue weighted by Gasteiger charge is 2.59. The van der Waals surface area contributed by atoms with Crippen LogP contribution in [0.15, 0.2) is 15.8 Å². The number of H-pyrrole nitrogens is 1. The SMILES string of the molecule is COC[C@@]12CCOC(C1OC)[C@H](n1cc(C)c(=O)[nH]c1=O)O2. The monoisotopic (exact) mass is 312 g/mol. The van der Waals surface area contributed by atoms with Gasteiger partial charge in [0.25, 0.3) is 5.56 Å². The normalized spacial score (nSPS) is 34.0. The number of aryl methyl sites for hydroxylation is 1. The molecule has 22 heavy (non-hydrogen) atoms. The molecule has 0 radical (unpaired) electrons. The quantitative estimate of drug-likeness (QED) is 0.810. The van der Waals surface area contributed by atoms with Crippen molar-refractivity contribution in [3.05, 3.63) is 32.6 Å². The fourth-order valence-electron chi connectivity index (χ4n) is 3.33. The molecule has 4 atom stereocenters. The van der Waals surface area contributed by atoms with E-state index < -0.39 is 29.2 Å². The molecule has 122 valence electrons. The average molecular weight is 312 g/mol. The van der Waals surface area contributed by atoms with Crippen molar-refractivity contribution >= 4 is 0 Å². The molecule has 2 aliphatic heterocycles. The van der Waals surface area contributed by atoms with Gasteiger partial charge in [0.05, 0.1) is 13.2 Å². The minimum Gasteiger partial charge on any atom is -0.382 e. The lowest BCUT2D eigenvalue weighted by Crippen LogP contribution is -2.52. The van der Waals surface area contributed by atoms with Gasteiger partial charge in [0.15, 0.2) is 6.23 Å². The summed E-state index contributed by atoms with van der Waals surface area (Å²) in [4.78, 5) is 25.9. The number of aromatic amines is 1. The first-order valence-corrected chi connectivity index (χ1v) is 7.15. The van der Waals surface area contributed by atoms with Gasteiger partial charge in [0.2, 0.25) is 0 Å². The van der Waals surface area contributed by atoms with E-state index in [1.165, 1.54) is 10.8 Å². The molecule has 2 saturated heterocycles. The molecule has 3 heterocycles. The molecule has 8 heteroatoms. The highest BCUT2D eigenvalue weighted by molar-refractivity contribution is 5.08. The predicted octanol–water partition coefficient (Wildman–Crippen LogP) is -0.437. The second kappa shape index (κ2) is 5.62. The van der Waals surface area contributed by atoms with Gasteiger partial charge in [0, 0.05) is 32.4 Å². The number of rotatable bonds is 4. The van der Waals surface area contributed by atoms with E-state index in [9.17, 15) is 9.59 Å². The Bertz CT molecular complexity index is 664. The summed E-state index contributed by atoms with van der Waals surface area (Å²) < 4.78 is 24.1. The first-order chi connectivity index (χ1) is 10.5. The number of aromatic nitrogens is 2. The van der Waals surface area contributed by atoms with Gasteiger partial charge >= 0.3 is 5.69 Å². The molecular weight excluding hydrogens is 292 g/mol. The second-order valence-electron chi connectivity index (χ2n) is 5.73. The van der Waals surface area contributed by atoms with Crippen molar-refractivity contribution in [2.24, 2.45) is 0 Å². The first kappa shape index (κ1) is 15.4. The minimum absolute atomic E-state index is 0.342. The van der Waals surface area contributed by atoms with Crippen molar-refractivity contribution in [2.75, 3.05) is 27.4 Å². The third-order valence-corrected chi connectivity index (χ3v) is 4.35. The van der Waals surface area contributed by atoms with Crippen LogP contribution in [0.1, 0.15) is 18.2 Å². The standard InChI is InChI=1S/C14H20N2O6/c1-8-6-16(13(18)15-11(8)17)12-9-10(20-3)14(22-12,7-19-2)4-5-21-9/h6,9-10,12H,4-5,7H2,1-3H3,(H,15,17,18)/t9?,10?,12-,14+/m1/s1. The van der Waals surface area contributed by atoms with Crippen LogP contribution in [0.3, 0.4) is 0 Å². The van der Waals surface area contributed by atoms with Crippen molar-refractivity contribution in [2.45, 2.75) is 37.4 Å². The Morgan fingerprint density at radius 3 is 2.91 bits per heavy atom. The van der Waals surface area contributed by atoms with E-state index in [1.54, 1.807) is 21.1 Å². The maximum absolute atomic E-state index is 12.1. The number of fused-ring (bicyclic) bond motifs is 2. The van der Waals surface area contributed by atoms with Gasteiger partial charge in [-0.15, -0.1) is 0 Å². The van der Waals surface area contributed by atoms with E-state index in [0.717, 1.165) is 0 Å². The fraction of sp³-hybridized carbons (Fsp3) is 0.714. The molecule has 1 N–H and O–H groups in total. The summed E-state index contributed by atoms with van der Waals surface area (Å²) in [6.45, 7) is 2.48. The van der Waals surface area contributed by atoms with E-state index in [1.807, 2.05) is 0 Å². The summed E-state index contributed by atoms with van der Waals surface area (Å²) in [5, 5.41) is 0. The number of methoxy groups -OCH3 is 2. The largest absolute Gasteiger partial charge is 0.382 e. The van der Waals surface area contributed by atoms with E-state index in [0.29, 0.717) is 25.2 Å². The molecule has 1 aromatic rings. The van der Waals surface area contributed by atoms with Gasteiger partial charge in [-0.25, -0.2) is 4.79 Å².